The molecule has 0 spiro atoms. The van der Waals surface area contributed by atoms with E-state index in [4.69, 9.17) is 0 Å². The number of hydrogen-bond donors (Lipinski definition) is 1. The molecule has 0 aromatic heterocycles. The molecule has 1 aliphatic rings. The predicted molar refractivity (Wildman–Crippen MR) is 85.6 cm³/mol. The van der Waals surface area contributed by atoms with E-state index in [0.717, 1.165) is 18.5 Å². The minimum Gasteiger partial charge on any atom is -0.313 e. The third kappa shape index (κ3) is 5.43. The van der Waals surface area contributed by atoms with Crippen molar-refractivity contribution < 1.29 is 0 Å². The monoisotopic (exact) mass is 268 g/mol. The maximum Gasteiger partial charge on any atom is 0.0254 e. The summed E-state index contributed by atoms with van der Waals surface area (Å²) in [6.45, 7) is 14.1. The topological polar surface area (TPSA) is 15.3 Å². The Morgan fingerprint density at radius 3 is 2.47 bits per heavy atom. The standard InChI is InChI=1S/C17H36N2/c1-6-8-9-12-19(14(3)4)17-13-15(5)10-11-16(17)18-7-2/h14-18H,6-13H2,1-5H3. The summed E-state index contributed by atoms with van der Waals surface area (Å²) in [4.78, 5) is 2.78. The van der Waals surface area contributed by atoms with Gasteiger partial charge in [0, 0.05) is 18.1 Å². The van der Waals surface area contributed by atoms with Gasteiger partial charge in [-0.15, -0.1) is 0 Å². The van der Waals surface area contributed by atoms with E-state index in [9.17, 15) is 0 Å². The average Bonchev–Trinajstić information content (AvgIpc) is 2.37. The summed E-state index contributed by atoms with van der Waals surface area (Å²) in [5.74, 6) is 0.896. The van der Waals surface area contributed by atoms with Crippen LogP contribution in [0.5, 0.6) is 0 Å². The second-order valence-electron chi connectivity index (χ2n) is 6.69. The van der Waals surface area contributed by atoms with Crippen LogP contribution < -0.4 is 5.32 Å². The second kappa shape index (κ2) is 8.97. The van der Waals surface area contributed by atoms with Gasteiger partial charge in [0.25, 0.3) is 0 Å². The molecule has 2 heteroatoms. The number of likely N-dealkylation sites (N-methyl/N-ethyl adjacent to an activating group) is 1. The number of nitrogens with one attached hydrogen (secondary N) is 1. The highest BCUT2D eigenvalue weighted by Gasteiger charge is 2.33. The molecule has 3 unspecified atom stereocenters. The Morgan fingerprint density at radius 1 is 1.16 bits per heavy atom. The fourth-order valence-corrected chi connectivity index (χ4v) is 3.57. The van der Waals surface area contributed by atoms with Crippen molar-refractivity contribution in [2.24, 2.45) is 5.92 Å². The molecule has 1 aliphatic carbocycles. The van der Waals surface area contributed by atoms with Crippen molar-refractivity contribution in [3.63, 3.8) is 0 Å². The summed E-state index contributed by atoms with van der Waals surface area (Å²) in [6.07, 6.45) is 8.19. The molecule has 0 aromatic rings. The lowest BCUT2D eigenvalue weighted by Crippen LogP contribution is -2.55. The second-order valence-corrected chi connectivity index (χ2v) is 6.69. The molecule has 3 atom stereocenters. The minimum absolute atomic E-state index is 0.674. The van der Waals surface area contributed by atoms with E-state index in [1.807, 2.05) is 0 Å². The zero-order chi connectivity index (χ0) is 14.3. The molecular formula is C17H36N2. The van der Waals surface area contributed by atoms with Gasteiger partial charge in [-0.25, -0.2) is 0 Å². The lowest BCUT2D eigenvalue weighted by Gasteiger charge is -2.44. The van der Waals surface area contributed by atoms with E-state index in [2.05, 4.69) is 44.8 Å². The molecule has 114 valence electrons. The number of rotatable bonds is 8. The Hall–Kier alpha value is -0.0800. The van der Waals surface area contributed by atoms with E-state index in [0.29, 0.717) is 12.1 Å². The molecular weight excluding hydrogens is 232 g/mol. The Balaban J connectivity index is 2.65. The zero-order valence-corrected chi connectivity index (χ0v) is 13.9. The van der Waals surface area contributed by atoms with Gasteiger partial charge in [0.05, 0.1) is 0 Å². The van der Waals surface area contributed by atoms with Gasteiger partial charge in [-0.3, -0.25) is 4.90 Å². The van der Waals surface area contributed by atoms with Crippen LogP contribution in [0.15, 0.2) is 0 Å². The summed E-state index contributed by atoms with van der Waals surface area (Å²) in [6, 6.07) is 2.14. The molecule has 0 radical (unpaired) electrons. The van der Waals surface area contributed by atoms with Crippen LogP contribution in [0.1, 0.15) is 73.1 Å². The molecule has 1 fully saturated rings. The van der Waals surface area contributed by atoms with Crippen LogP contribution in [0.25, 0.3) is 0 Å². The first kappa shape index (κ1) is 17.0. The molecule has 0 aromatic carbocycles. The average molecular weight is 268 g/mol. The lowest BCUT2D eigenvalue weighted by molar-refractivity contribution is 0.0736. The van der Waals surface area contributed by atoms with Gasteiger partial charge in [0.15, 0.2) is 0 Å². The normalized spacial score (nSPS) is 28.3. The molecule has 1 saturated carbocycles. The fraction of sp³-hybridized carbons (Fsp3) is 1.00. The van der Waals surface area contributed by atoms with Gasteiger partial charge < -0.3 is 5.32 Å². The summed E-state index contributed by atoms with van der Waals surface area (Å²) in [5.41, 5.74) is 0. The Kier molecular flexibility index (Phi) is 8.01. The van der Waals surface area contributed by atoms with Crippen LogP contribution in [-0.4, -0.2) is 36.1 Å². The summed E-state index contributed by atoms with van der Waals surface area (Å²) in [7, 11) is 0. The van der Waals surface area contributed by atoms with Crippen molar-refractivity contribution in [2.45, 2.75) is 91.3 Å². The number of nitrogens with zero attached hydrogens (tertiary/aromatic N) is 1. The van der Waals surface area contributed by atoms with E-state index >= 15 is 0 Å². The van der Waals surface area contributed by atoms with Crippen LogP contribution >= 0.6 is 0 Å². The zero-order valence-electron chi connectivity index (χ0n) is 13.9. The van der Waals surface area contributed by atoms with Crippen LogP contribution in [0.2, 0.25) is 0 Å². The first-order valence-electron chi connectivity index (χ1n) is 8.59. The largest absolute Gasteiger partial charge is 0.313 e. The highest BCUT2D eigenvalue weighted by Crippen LogP contribution is 2.29. The Bertz CT molecular complexity index is 227. The SMILES string of the molecule is CCCCCN(C(C)C)C1CC(C)CCC1NCC. The fourth-order valence-electron chi connectivity index (χ4n) is 3.57. The summed E-state index contributed by atoms with van der Waals surface area (Å²) in [5, 5.41) is 3.74. The van der Waals surface area contributed by atoms with Crippen molar-refractivity contribution in [1.29, 1.82) is 0 Å². The van der Waals surface area contributed by atoms with E-state index in [1.54, 1.807) is 0 Å². The van der Waals surface area contributed by atoms with Crippen LogP contribution in [0, 0.1) is 5.92 Å². The quantitative estimate of drug-likeness (QED) is 0.668. The highest BCUT2D eigenvalue weighted by molar-refractivity contribution is 4.91. The van der Waals surface area contributed by atoms with Gasteiger partial charge in [0.1, 0.15) is 0 Å². The minimum atomic E-state index is 0.674. The summed E-state index contributed by atoms with van der Waals surface area (Å²) >= 11 is 0. The van der Waals surface area contributed by atoms with Crippen molar-refractivity contribution in [2.75, 3.05) is 13.1 Å². The van der Waals surface area contributed by atoms with Crippen molar-refractivity contribution in [1.82, 2.24) is 10.2 Å². The molecule has 1 N–H and O–H groups in total. The molecule has 0 amide bonds. The first-order valence-corrected chi connectivity index (χ1v) is 8.59. The molecule has 2 nitrogen and oxygen atoms in total. The van der Waals surface area contributed by atoms with E-state index in [-0.39, 0.29) is 0 Å². The van der Waals surface area contributed by atoms with Gasteiger partial charge in [-0.05, 0) is 58.5 Å². The molecule has 0 aliphatic heterocycles. The van der Waals surface area contributed by atoms with Gasteiger partial charge >= 0.3 is 0 Å². The van der Waals surface area contributed by atoms with Gasteiger partial charge in [-0.1, -0.05) is 33.6 Å². The molecule has 19 heavy (non-hydrogen) atoms. The van der Waals surface area contributed by atoms with E-state index < -0.39 is 0 Å². The van der Waals surface area contributed by atoms with Crippen LogP contribution in [-0.2, 0) is 0 Å². The smallest absolute Gasteiger partial charge is 0.0254 e. The maximum atomic E-state index is 3.74. The number of unbranched alkanes of at least 4 members (excludes halogenated alkanes) is 2. The van der Waals surface area contributed by atoms with Crippen LogP contribution in [0.3, 0.4) is 0 Å². The summed E-state index contributed by atoms with van der Waals surface area (Å²) < 4.78 is 0. The van der Waals surface area contributed by atoms with Crippen molar-refractivity contribution >= 4 is 0 Å². The van der Waals surface area contributed by atoms with Crippen molar-refractivity contribution in [3.8, 4) is 0 Å². The molecule has 0 heterocycles. The predicted octanol–water partition coefficient (Wildman–Crippen LogP) is 4.05. The van der Waals surface area contributed by atoms with Gasteiger partial charge in [0.2, 0.25) is 0 Å². The number of hydrogen-bond acceptors (Lipinski definition) is 2. The first-order chi connectivity index (χ1) is 9.10. The molecule has 1 rings (SSSR count). The third-order valence-corrected chi connectivity index (χ3v) is 4.65. The maximum absolute atomic E-state index is 3.74. The lowest BCUT2D eigenvalue weighted by atomic mass is 9.82. The van der Waals surface area contributed by atoms with Crippen molar-refractivity contribution in [3.05, 3.63) is 0 Å². The third-order valence-electron chi connectivity index (χ3n) is 4.65. The Morgan fingerprint density at radius 2 is 1.89 bits per heavy atom. The highest BCUT2D eigenvalue weighted by atomic mass is 15.2. The van der Waals surface area contributed by atoms with Crippen LogP contribution in [0.4, 0.5) is 0 Å². The molecule has 0 saturated heterocycles. The van der Waals surface area contributed by atoms with E-state index in [1.165, 1.54) is 45.1 Å². The Labute approximate surface area is 121 Å². The van der Waals surface area contributed by atoms with Gasteiger partial charge in [-0.2, -0.15) is 0 Å². The molecule has 0 bridgehead atoms.